The minimum atomic E-state index is -0.125. The second-order valence-corrected chi connectivity index (χ2v) is 6.36. The number of para-hydroxylation sites is 1. The van der Waals surface area contributed by atoms with Crippen molar-refractivity contribution in [1.29, 1.82) is 0 Å². The molecule has 1 atom stereocenters. The molecule has 1 aromatic heterocycles. The van der Waals surface area contributed by atoms with Gasteiger partial charge < -0.3 is 9.73 Å². The summed E-state index contributed by atoms with van der Waals surface area (Å²) >= 11 is 0. The monoisotopic (exact) mass is 326 g/mol. The van der Waals surface area contributed by atoms with Gasteiger partial charge in [0.2, 0.25) is 0 Å². The van der Waals surface area contributed by atoms with Gasteiger partial charge in [-0.05, 0) is 68.5 Å². The van der Waals surface area contributed by atoms with E-state index in [0.29, 0.717) is 11.6 Å². The van der Waals surface area contributed by atoms with Crippen LogP contribution in [-0.4, -0.2) is 17.6 Å². The van der Waals surface area contributed by atoms with Crippen LogP contribution in [0.3, 0.4) is 0 Å². The first-order valence-electron chi connectivity index (χ1n) is 8.43. The van der Waals surface area contributed by atoms with Gasteiger partial charge >= 0.3 is 0 Å². The molecule has 0 aliphatic carbocycles. The molecule has 3 rings (SSSR count). The summed E-state index contributed by atoms with van der Waals surface area (Å²) in [7, 11) is 0. The van der Waals surface area contributed by atoms with E-state index in [1.54, 1.807) is 13.0 Å². The fraction of sp³-hybridized carbons (Fsp3) is 0.350. The van der Waals surface area contributed by atoms with Gasteiger partial charge in [-0.15, -0.1) is 0 Å². The van der Waals surface area contributed by atoms with Crippen LogP contribution < -0.4 is 5.32 Å². The van der Waals surface area contributed by atoms with E-state index in [1.807, 2.05) is 24.3 Å². The SMILES string of the molecule is Cc1ccc(CC(C)NCCCc2cccc3ncoc23)cc1F. The maximum atomic E-state index is 13.6. The Morgan fingerprint density at radius 2 is 2.12 bits per heavy atom. The second kappa shape index (κ2) is 7.58. The quantitative estimate of drug-likeness (QED) is 0.653. The van der Waals surface area contributed by atoms with Crippen LogP contribution in [0, 0.1) is 12.7 Å². The molecular weight excluding hydrogens is 303 g/mol. The lowest BCUT2D eigenvalue weighted by Crippen LogP contribution is -2.29. The highest BCUT2D eigenvalue weighted by molar-refractivity contribution is 5.75. The van der Waals surface area contributed by atoms with Gasteiger partial charge in [0, 0.05) is 6.04 Å². The minimum absolute atomic E-state index is 0.125. The van der Waals surface area contributed by atoms with E-state index in [2.05, 4.69) is 23.3 Å². The Labute approximate surface area is 141 Å². The van der Waals surface area contributed by atoms with Crippen LogP contribution in [0.25, 0.3) is 11.1 Å². The van der Waals surface area contributed by atoms with E-state index < -0.39 is 0 Å². The first kappa shape index (κ1) is 16.7. The molecule has 0 aliphatic heterocycles. The minimum Gasteiger partial charge on any atom is -0.443 e. The topological polar surface area (TPSA) is 38.1 Å². The molecule has 3 aromatic rings. The van der Waals surface area contributed by atoms with E-state index in [9.17, 15) is 4.39 Å². The molecule has 0 bridgehead atoms. The molecule has 0 fully saturated rings. The number of hydrogen-bond acceptors (Lipinski definition) is 3. The number of oxazole rings is 1. The molecule has 0 aliphatic rings. The number of hydrogen-bond donors (Lipinski definition) is 1. The Morgan fingerprint density at radius 1 is 1.25 bits per heavy atom. The zero-order valence-electron chi connectivity index (χ0n) is 14.2. The fourth-order valence-electron chi connectivity index (χ4n) is 2.96. The van der Waals surface area contributed by atoms with Gasteiger partial charge in [-0.25, -0.2) is 9.37 Å². The first-order valence-corrected chi connectivity index (χ1v) is 8.43. The predicted octanol–water partition coefficient (Wildman–Crippen LogP) is 4.43. The molecule has 3 nitrogen and oxygen atoms in total. The van der Waals surface area contributed by atoms with Crippen molar-refractivity contribution in [2.45, 2.75) is 39.2 Å². The molecule has 0 radical (unpaired) electrons. The number of aryl methyl sites for hydroxylation is 2. The van der Waals surface area contributed by atoms with Gasteiger partial charge in [-0.3, -0.25) is 0 Å². The van der Waals surface area contributed by atoms with Gasteiger partial charge in [0.1, 0.15) is 11.3 Å². The van der Waals surface area contributed by atoms with Crippen LogP contribution >= 0.6 is 0 Å². The van der Waals surface area contributed by atoms with Crippen LogP contribution in [0.4, 0.5) is 4.39 Å². The molecule has 1 unspecified atom stereocenters. The smallest absolute Gasteiger partial charge is 0.181 e. The molecule has 0 spiro atoms. The second-order valence-electron chi connectivity index (χ2n) is 6.36. The number of halogens is 1. The standard InChI is InChI=1S/C20H23FN2O/c1-14-8-9-16(12-18(14)21)11-15(2)22-10-4-6-17-5-3-7-19-20(17)24-13-23-19/h3,5,7-9,12-13,15,22H,4,6,10-11H2,1-2H3. The molecule has 126 valence electrons. The number of benzene rings is 2. The summed E-state index contributed by atoms with van der Waals surface area (Å²) < 4.78 is 19.1. The van der Waals surface area contributed by atoms with Crippen molar-refractivity contribution in [3.05, 3.63) is 65.3 Å². The van der Waals surface area contributed by atoms with E-state index in [1.165, 1.54) is 12.0 Å². The number of fused-ring (bicyclic) bond motifs is 1. The lowest BCUT2D eigenvalue weighted by Gasteiger charge is -2.14. The fourth-order valence-corrected chi connectivity index (χ4v) is 2.96. The van der Waals surface area contributed by atoms with Crippen LogP contribution in [0.2, 0.25) is 0 Å². The summed E-state index contributed by atoms with van der Waals surface area (Å²) in [4.78, 5) is 4.18. The Bertz CT molecular complexity index is 812. The number of aromatic nitrogens is 1. The van der Waals surface area contributed by atoms with Crippen molar-refractivity contribution in [2.75, 3.05) is 6.54 Å². The van der Waals surface area contributed by atoms with Crippen LogP contribution in [0.5, 0.6) is 0 Å². The van der Waals surface area contributed by atoms with Crippen molar-refractivity contribution in [1.82, 2.24) is 10.3 Å². The molecule has 0 amide bonds. The Hall–Kier alpha value is -2.20. The van der Waals surface area contributed by atoms with Gasteiger partial charge in [0.15, 0.2) is 12.0 Å². The van der Waals surface area contributed by atoms with Crippen molar-refractivity contribution in [2.24, 2.45) is 0 Å². The summed E-state index contributed by atoms with van der Waals surface area (Å²) in [5.74, 6) is -0.125. The predicted molar refractivity (Wildman–Crippen MR) is 94.6 cm³/mol. The third kappa shape index (κ3) is 4.01. The summed E-state index contributed by atoms with van der Waals surface area (Å²) in [6.45, 7) is 4.84. The third-order valence-electron chi connectivity index (χ3n) is 4.33. The molecule has 24 heavy (non-hydrogen) atoms. The maximum absolute atomic E-state index is 13.6. The van der Waals surface area contributed by atoms with E-state index >= 15 is 0 Å². The van der Waals surface area contributed by atoms with Crippen LogP contribution in [-0.2, 0) is 12.8 Å². The first-order chi connectivity index (χ1) is 11.6. The molecule has 4 heteroatoms. The maximum Gasteiger partial charge on any atom is 0.181 e. The highest BCUT2D eigenvalue weighted by Gasteiger charge is 2.07. The van der Waals surface area contributed by atoms with Crippen molar-refractivity contribution in [3.8, 4) is 0 Å². The highest BCUT2D eigenvalue weighted by atomic mass is 19.1. The molecular formula is C20H23FN2O. The lowest BCUT2D eigenvalue weighted by molar-refractivity contribution is 0.530. The number of nitrogens with one attached hydrogen (secondary N) is 1. The molecule has 1 N–H and O–H groups in total. The van der Waals surface area contributed by atoms with Crippen LogP contribution in [0.15, 0.2) is 47.2 Å². The number of nitrogens with zero attached hydrogens (tertiary/aromatic N) is 1. The van der Waals surface area contributed by atoms with Gasteiger partial charge in [0.25, 0.3) is 0 Å². The largest absolute Gasteiger partial charge is 0.443 e. The summed E-state index contributed by atoms with van der Waals surface area (Å²) in [5, 5.41) is 3.51. The average molecular weight is 326 g/mol. The van der Waals surface area contributed by atoms with Crippen molar-refractivity contribution >= 4 is 11.1 Å². The van der Waals surface area contributed by atoms with Gasteiger partial charge in [-0.1, -0.05) is 24.3 Å². The lowest BCUT2D eigenvalue weighted by atomic mass is 10.0. The molecule has 2 aromatic carbocycles. The highest BCUT2D eigenvalue weighted by Crippen LogP contribution is 2.18. The normalized spacial score (nSPS) is 12.6. The summed E-state index contributed by atoms with van der Waals surface area (Å²) in [5.41, 5.74) is 4.72. The van der Waals surface area contributed by atoms with E-state index in [4.69, 9.17) is 4.42 Å². The molecule has 0 saturated heterocycles. The van der Waals surface area contributed by atoms with Crippen molar-refractivity contribution in [3.63, 3.8) is 0 Å². The van der Waals surface area contributed by atoms with Gasteiger partial charge in [0.05, 0.1) is 0 Å². The van der Waals surface area contributed by atoms with Gasteiger partial charge in [-0.2, -0.15) is 0 Å². The summed E-state index contributed by atoms with van der Waals surface area (Å²) in [6.07, 6.45) is 4.29. The third-order valence-corrected chi connectivity index (χ3v) is 4.33. The molecule has 1 heterocycles. The number of rotatable bonds is 7. The zero-order chi connectivity index (χ0) is 16.9. The Kier molecular flexibility index (Phi) is 5.26. The average Bonchev–Trinajstić information content (AvgIpc) is 3.04. The van der Waals surface area contributed by atoms with Crippen molar-refractivity contribution < 1.29 is 8.81 Å². The van der Waals surface area contributed by atoms with E-state index in [0.717, 1.165) is 42.5 Å². The Morgan fingerprint density at radius 3 is 2.96 bits per heavy atom. The van der Waals surface area contributed by atoms with E-state index in [-0.39, 0.29) is 5.82 Å². The summed E-state index contributed by atoms with van der Waals surface area (Å²) in [6, 6.07) is 11.9. The zero-order valence-corrected chi connectivity index (χ0v) is 14.2. The Balaban J connectivity index is 1.46. The van der Waals surface area contributed by atoms with Crippen LogP contribution in [0.1, 0.15) is 30.0 Å². The molecule has 0 saturated carbocycles.